The molecule has 0 spiro atoms. The molecule has 0 saturated carbocycles. The number of carbonyl (C=O) groups excluding carboxylic acids is 1. The normalized spacial score (nSPS) is 11.0. The Bertz CT molecular complexity index is 1360. The molecule has 0 aliphatic rings. The van der Waals surface area contributed by atoms with E-state index in [4.69, 9.17) is 9.61 Å². The van der Waals surface area contributed by atoms with E-state index in [9.17, 15) is 9.18 Å². The number of imidazole rings is 1. The first kappa shape index (κ1) is 18.7. The van der Waals surface area contributed by atoms with Gasteiger partial charge >= 0.3 is 0 Å². The molecule has 0 saturated heterocycles. The molecule has 0 aliphatic heterocycles. The second kappa shape index (κ2) is 7.83. The number of benzene rings is 3. The van der Waals surface area contributed by atoms with Gasteiger partial charge in [-0.25, -0.2) is 14.0 Å². The van der Waals surface area contributed by atoms with Crippen LogP contribution in [0, 0.1) is 5.82 Å². The molecule has 5 rings (SSSR count). The van der Waals surface area contributed by atoms with E-state index >= 15 is 0 Å². The minimum absolute atomic E-state index is 0.138. The largest absolute Gasteiger partial charge is 0.318 e. The van der Waals surface area contributed by atoms with E-state index in [1.54, 1.807) is 0 Å². The summed E-state index contributed by atoms with van der Waals surface area (Å²) in [6.07, 6.45) is 0. The summed E-state index contributed by atoms with van der Waals surface area (Å²) in [5, 5.41) is 10.5. The van der Waals surface area contributed by atoms with E-state index < -0.39 is 11.7 Å². The fraction of sp³-hybridized carbons (Fsp3) is 0.0435. The molecular weight excluding hydrogens is 397 g/mol. The van der Waals surface area contributed by atoms with E-state index in [-0.39, 0.29) is 11.4 Å². The predicted molar refractivity (Wildman–Crippen MR) is 113 cm³/mol. The summed E-state index contributed by atoms with van der Waals surface area (Å²) in [6.45, 7) is 0.550. The molecule has 0 aliphatic carbocycles. The zero-order valence-corrected chi connectivity index (χ0v) is 16.2. The summed E-state index contributed by atoms with van der Waals surface area (Å²) in [6, 6.07) is 22.9. The van der Waals surface area contributed by atoms with Crippen molar-refractivity contribution in [1.29, 1.82) is 0 Å². The Labute approximate surface area is 176 Å². The van der Waals surface area contributed by atoms with Crippen LogP contribution < -0.4 is 5.32 Å². The standard InChI is InChI=1S/C23H16FN5O2/c24-17-12-10-16(11-13-17)23(30)26-21-20(27-31-28-21)22-25-18-8-4-5-9-19(18)29(22)14-15-6-2-1-3-7-15/h1-13H,14H2,(H,26,28,30). The van der Waals surface area contributed by atoms with Gasteiger partial charge in [0.25, 0.3) is 5.91 Å². The molecule has 1 N–H and O–H groups in total. The van der Waals surface area contributed by atoms with E-state index in [2.05, 4.69) is 15.6 Å². The number of hydrogen-bond acceptors (Lipinski definition) is 5. The molecule has 152 valence electrons. The van der Waals surface area contributed by atoms with Gasteiger partial charge in [-0.2, -0.15) is 0 Å². The zero-order chi connectivity index (χ0) is 21.2. The third kappa shape index (κ3) is 3.66. The average Bonchev–Trinajstić information content (AvgIpc) is 3.39. The Morgan fingerprint density at radius 3 is 2.48 bits per heavy atom. The zero-order valence-electron chi connectivity index (χ0n) is 16.2. The quantitative estimate of drug-likeness (QED) is 0.458. The topological polar surface area (TPSA) is 85.8 Å². The van der Waals surface area contributed by atoms with Crippen LogP contribution >= 0.6 is 0 Å². The van der Waals surface area contributed by atoms with Crippen molar-refractivity contribution in [3.8, 4) is 11.5 Å². The first-order chi connectivity index (χ1) is 15.2. The molecule has 5 aromatic rings. The Morgan fingerprint density at radius 2 is 1.68 bits per heavy atom. The Balaban J connectivity index is 1.55. The molecule has 0 fully saturated rings. The van der Waals surface area contributed by atoms with Gasteiger partial charge in [0.05, 0.1) is 11.0 Å². The van der Waals surface area contributed by atoms with Crippen molar-refractivity contribution in [3.63, 3.8) is 0 Å². The smallest absolute Gasteiger partial charge is 0.256 e. The highest BCUT2D eigenvalue weighted by molar-refractivity contribution is 6.05. The van der Waals surface area contributed by atoms with Crippen LogP contribution in [-0.4, -0.2) is 25.8 Å². The minimum atomic E-state index is -0.456. The predicted octanol–water partition coefficient (Wildman–Crippen LogP) is 4.53. The maximum Gasteiger partial charge on any atom is 0.256 e. The molecule has 0 atom stereocenters. The minimum Gasteiger partial charge on any atom is -0.318 e. The number of hydrogen-bond donors (Lipinski definition) is 1. The van der Waals surface area contributed by atoms with Crippen LogP contribution in [0.5, 0.6) is 0 Å². The van der Waals surface area contributed by atoms with Gasteiger partial charge in [0.15, 0.2) is 11.5 Å². The van der Waals surface area contributed by atoms with E-state index in [1.807, 2.05) is 59.2 Å². The molecule has 0 radical (unpaired) electrons. The van der Waals surface area contributed by atoms with E-state index in [0.717, 1.165) is 16.6 Å². The van der Waals surface area contributed by atoms with Crippen LogP contribution in [-0.2, 0) is 6.54 Å². The van der Waals surface area contributed by atoms with Crippen LogP contribution in [0.1, 0.15) is 15.9 Å². The van der Waals surface area contributed by atoms with Crippen molar-refractivity contribution in [2.45, 2.75) is 6.54 Å². The number of para-hydroxylation sites is 2. The fourth-order valence-electron chi connectivity index (χ4n) is 3.38. The highest BCUT2D eigenvalue weighted by Gasteiger charge is 2.22. The number of carbonyl (C=O) groups is 1. The highest BCUT2D eigenvalue weighted by atomic mass is 19.1. The third-order valence-corrected chi connectivity index (χ3v) is 4.88. The molecule has 31 heavy (non-hydrogen) atoms. The van der Waals surface area contributed by atoms with Crippen molar-refractivity contribution in [1.82, 2.24) is 19.9 Å². The second-order valence-electron chi connectivity index (χ2n) is 6.92. The lowest BCUT2D eigenvalue weighted by atomic mass is 10.2. The Kier molecular flexibility index (Phi) is 4.72. The number of nitrogens with zero attached hydrogens (tertiary/aromatic N) is 4. The van der Waals surface area contributed by atoms with Crippen molar-refractivity contribution >= 4 is 22.8 Å². The van der Waals surface area contributed by atoms with Gasteiger partial charge in [-0.1, -0.05) is 42.5 Å². The molecule has 3 aromatic carbocycles. The number of fused-ring (bicyclic) bond motifs is 1. The lowest BCUT2D eigenvalue weighted by molar-refractivity contribution is 0.102. The SMILES string of the molecule is O=C(Nc1nonc1-c1nc2ccccc2n1Cc1ccccc1)c1ccc(F)cc1. The number of rotatable bonds is 5. The molecule has 8 heteroatoms. The van der Waals surface area contributed by atoms with Gasteiger partial charge in [-0.3, -0.25) is 4.79 Å². The lowest BCUT2D eigenvalue weighted by Crippen LogP contribution is -2.13. The molecule has 0 unspecified atom stereocenters. The Hall–Kier alpha value is -4.33. The van der Waals surface area contributed by atoms with Gasteiger partial charge < -0.3 is 9.88 Å². The van der Waals surface area contributed by atoms with Gasteiger partial charge in [0, 0.05) is 12.1 Å². The summed E-state index contributed by atoms with van der Waals surface area (Å²) < 4.78 is 20.1. The highest BCUT2D eigenvalue weighted by Crippen LogP contribution is 2.29. The average molecular weight is 413 g/mol. The number of aromatic nitrogens is 4. The number of amides is 1. The monoisotopic (exact) mass is 413 g/mol. The summed E-state index contributed by atoms with van der Waals surface area (Å²) in [5.41, 5.74) is 3.38. The molecule has 2 aromatic heterocycles. The van der Waals surface area contributed by atoms with Gasteiger partial charge in [0.1, 0.15) is 5.82 Å². The summed E-state index contributed by atoms with van der Waals surface area (Å²) in [4.78, 5) is 17.3. The van der Waals surface area contributed by atoms with E-state index in [0.29, 0.717) is 18.1 Å². The van der Waals surface area contributed by atoms with E-state index in [1.165, 1.54) is 24.3 Å². The molecule has 0 bridgehead atoms. The first-order valence-electron chi connectivity index (χ1n) is 9.58. The molecular formula is C23H16FN5O2. The molecule has 7 nitrogen and oxygen atoms in total. The van der Waals surface area contributed by atoms with Crippen molar-refractivity contribution in [3.05, 3.63) is 95.8 Å². The second-order valence-corrected chi connectivity index (χ2v) is 6.92. The van der Waals surface area contributed by atoms with Crippen LogP contribution in [0.15, 0.2) is 83.5 Å². The molecule has 1 amide bonds. The maximum absolute atomic E-state index is 13.2. The van der Waals surface area contributed by atoms with Crippen molar-refractivity contribution < 1.29 is 13.8 Å². The van der Waals surface area contributed by atoms with Crippen molar-refractivity contribution in [2.24, 2.45) is 0 Å². The van der Waals surface area contributed by atoms with Crippen LogP contribution in [0.3, 0.4) is 0 Å². The molecule has 2 heterocycles. The maximum atomic E-state index is 13.2. The lowest BCUT2D eigenvalue weighted by Gasteiger charge is -2.09. The van der Waals surface area contributed by atoms with Gasteiger partial charge in [-0.15, -0.1) is 0 Å². The van der Waals surface area contributed by atoms with Crippen LogP contribution in [0.25, 0.3) is 22.6 Å². The van der Waals surface area contributed by atoms with Crippen LogP contribution in [0.2, 0.25) is 0 Å². The van der Waals surface area contributed by atoms with Crippen LogP contribution in [0.4, 0.5) is 10.2 Å². The number of anilines is 1. The Morgan fingerprint density at radius 1 is 0.935 bits per heavy atom. The number of halogens is 1. The number of nitrogens with one attached hydrogen (secondary N) is 1. The summed E-state index contributed by atoms with van der Waals surface area (Å²) in [7, 11) is 0. The van der Waals surface area contributed by atoms with Gasteiger partial charge in [-0.05, 0) is 52.3 Å². The summed E-state index contributed by atoms with van der Waals surface area (Å²) >= 11 is 0. The first-order valence-corrected chi connectivity index (χ1v) is 9.58. The fourth-order valence-corrected chi connectivity index (χ4v) is 3.38. The third-order valence-electron chi connectivity index (χ3n) is 4.88. The van der Waals surface area contributed by atoms with Crippen molar-refractivity contribution in [2.75, 3.05) is 5.32 Å². The van der Waals surface area contributed by atoms with Gasteiger partial charge in [0.2, 0.25) is 5.82 Å². The summed E-state index contributed by atoms with van der Waals surface area (Å²) in [5.74, 6) is -0.225.